The summed E-state index contributed by atoms with van der Waals surface area (Å²) >= 11 is 0. The lowest BCUT2D eigenvalue weighted by Crippen LogP contribution is -2.49. The number of nitrogens with one attached hydrogen (secondary N) is 1. The Bertz CT molecular complexity index is 1140. The molecule has 1 amide bonds. The topological polar surface area (TPSA) is 66.5 Å². The molecule has 172 valence electrons. The molecule has 9 heteroatoms. The minimum atomic E-state index is -3.56. The number of hydrogen-bond acceptors (Lipinski definition) is 3. The van der Waals surface area contributed by atoms with Crippen LogP contribution in [0.4, 0.5) is 13.2 Å². The molecule has 0 bridgehead atoms. The van der Waals surface area contributed by atoms with Crippen molar-refractivity contribution in [3.63, 3.8) is 0 Å². The zero-order valence-electron chi connectivity index (χ0n) is 17.9. The van der Waals surface area contributed by atoms with Gasteiger partial charge in [0.15, 0.2) is 0 Å². The van der Waals surface area contributed by atoms with Crippen LogP contribution in [-0.2, 0) is 21.2 Å². The summed E-state index contributed by atoms with van der Waals surface area (Å²) in [6, 6.07) is 6.32. The number of rotatable bonds is 6. The number of sulfonamides is 1. The quantitative estimate of drug-likeness (QED) is 0.707. The van der Waals surface area contributed by atoms with Crippen molar-refractivity contribution in [1.29, 1.82) is 0 Å². The van der Waals surface area contributed by atoms with Gasteiger partial charge in [0, 0.05) is 36.1 Å². The van der Waals surface area contributed by atoms with Crippen LogP contribution in [0.25, 0.3) is 11.1 Å². The van der Waals surface area contributed by atoms with Crippen LogP contribution in [-0.4, -0.2) is 44.1 Å². The highest BCUT2D eigenvalue weighted by atomic mass is 32.2. The van der Waals surface area contributed by atoms with Crippen LogP contribution in [0, 0.1) is 22.9 Å². The number of carbonyl (C=O) groups is 1. The van der Waals surface area contributed by atoms with Gasteiger partial charge in [-0.25, -0.2) is 26.3 Å². The summed E-state index contributed by atoms with van der Waals surface area (Å²) in [6.45, 7) is 2.16. The molecule has 2 aromatic carbocycles. The van der Waals surface area contributed by atoms with Crippen molar-refractivity contribution in [3.05, 3.63) is 59.4 Å². The third kappa shape index (κ3) is 4.41. The summed E-state index contributed by atoms with van der Waals surface area (Å²) in [5.41, 5.74) is 0.0302. The van der Waals surface area contributed by atoms with Gasteiger partial charge in [-0.3, -0.25) is 4.79 Å². The molecular formula is C23H25F3N2O3S. The summed E-state index contributed by atoms with van der Waals surface area (Å²) in [6.07, 6.45) is 2.98. The Morgan fingerprint density at radius 1 is 1.16 bits per heavy atom. The Morgan fingerprint density at radius 3 is 2.38 bits per heavy atom. The smallest absolute Gasteiger partial charge is 0.222 e. The van der Waals surface area contributed by atoms with Gasteiger partial charge in [0.1, 0.15) is 17.5 Å². The molecule has 0 radical (unpaired) electrons. The SMILES string of the molecule is CCC(=O)N1CC2(CC2)C(NS(C)(=O)=O)C1Cc1cccc(-c2cc(F)cc(F)c2)c1F. The van der Waals surface area contributed by atoms with Gasteiger partial charge < -0.3 is 4.90 Å². The molecule has 2 atom stereocenters. The summed E-state index contributed by atoms with van der Waals surface area (Å²) in [7, 11) is -3.56. The second-order valence-electron chi connectivity index (χ2n) is 8.81. The fourth-order valence-electron chi connectivity index (χ4n) is 4.81. The van der Waals surface area contributed by atoms with E-state index in [2.05, 4.69) is 4.72 Å². The molecule has 0 aromatic heterocycles. The largest absolute Gasteiger partial charge is 0.337 e. The van der Waals surface area contributed by atoms with E-state index in [1.807, 2.05) is 0 Å². The second-order valence-corrected chi connectivity index (χ2v) is 10.6. The van der Waals surface area contributed by atoms with Crippen LogP contribution >= 0.6 is 0 Å². The van der Waals surface area contributed by atoms with Crippen LogP contribution in [0.2, 0.25) is 0 Å². The molecule has 2 fully saturated rings. The van der Waals surface area contributed by atoms with Crippen molar-refractivity contribution in [2.75, 3.05) is 12.8 Å². The average Bonchev–Trinajstić information content (AvgIpc) is 3.43. The van der Waals surface area contributed by atoms with E-state index in [1.54, 1.807) is 24.0 Å². The van der Waals surface area contributed by atoms with E-state index in [9.17, 15) is 22.0 Å². The number of nitrogens with zero attached hydrogens (tertiary/aromatic N) is 1. The van der Waals surface area contributed by atoms with E-state index in [4.69, 9.17) is 0 Å². The van der Waals surface area contributed by atoms with Crippen molar-refractivity contribution in [2.24, 2.45) is 5.41 Å². The minimum absolute atomic E-state index is 0.0426. The Kier molecular flexibility index (Phi) is 5.83. The van der Waals surface area contributed by atoms with Crippen LogP contribution in [0.1, 0.15) is 31.7 Å². The molecule has 2 unspecified atom stereocenters. The van der Waals surface area contributed by atoms with E-state index in [1.165, 1.54) is 6.07 Å². The number of amides is 1. The second kappa shape index (κ2) is 8.19. The first-order valence-corrected chi connectivity index (χ1v) is 12.4. The van der Waals surface area contributed by atoms with Crippen LogP contribution < -0.4 is 4.72 Å². The molecule has 1 N–H and O–H groups in total. The summed E-state index contributed by atoms with van der Waals surface area (Å²) in [4.78, 5) is 14.3. The zero-order chi connectivity index (χ0) is 23.3. The van der Waals surface area contributed by atoms with Gasteiger partial charge in [-0.2, -0.15) is 0 Å². The maximum atomic E-state index is 15.5. The number of benzene rings is 2. The number of hydrogen-bond donors (Lipinski definition) is 1. The van der Waals surface area contributed by atoms with E-state index in [-0.39, 0.29) is 40.9 Å². The van der Waals surface area contributed by atoms with E-state index >= 15 is 4.39 Å². The predicted octanol–water partition coefficient (Wildman–Crippen LogP) is 3.63. The molecule has 2 aliphatic rings. The normalized spacial score (nSPS) is 21.8. The fraction of sp³-hybridized carbons (Fsp3) is 0.435. The molecule has 1 aliphatic carbocycles. The van der Waals surface area contributed by atoms with E-state index in [0.717, 1.165) is 31.2 Å². The van der Waals surface area contributed by atoms with Crippen molar-refractivity contribution in [1.82, 2.24) is 9.62 Å². The molecule has 1 saturated heterocycles. The predicted molar refractivity (Wildman–Crippen MR) is 115 cm³/mol. The molecule has 2 aromatic rings. The van der Waals surface area contributed by atoms with Crippen LogP contribution in [0.15, 0.2) is 36.4 Å². The van der Waals surface area contributed by atoms with Crippen molar-refractivity contribution in [2.45, 2.75) is 44.7 Å². The first-order chi connectivity index (χ1) is 15.0. The highest BCUT2D eigenvalue weighted by Gasteiger charge is 2.60. The number of halogens is 3. The van der Waals surface area contributed by atoms with Crippen molar-refractivity contribution >= 4 is 15.9 Å². The van der Waals surface area contributed by atoms with Gasteiger partial charge >= 0.3 is 0 Å². The molecule has 1 spiro atoms. The maximum Gasteiger partial charge on any atom is 0.222 e. The Morgan fingerprint density at radius 2 is 1.81 bits per heavy atom. The van der Waals surface area contributed by atoms with Crippen LogP contribution in [0.5, 0.6) is 0 Å². The average molecular weight is 467 g/mol. The van der Waals surface area contributed by atoms with Gasteiger partial charge in [-0.05, 0) is 42.5 Å². The fourth-order valence-corrected chi connectivity index (χ4v) is 5.67. The highest BCUT2D eigenvalue weighted by Crippen LogP contribution is 2.55. The standard InChI is InChI=1S/C23H25F3N2O3S/c1-3-20(29)28-13-23(7-8-23)22(27-32(2,30)31)19(28)11-14-5-4-6-18(21(14)26)15-9-16(24)12-17(25)10-15/h4-6,9-10,12,19,22,27H,3,7-8,11,13H2,1-2H3. The first-order valence-electron chi connectivity index (χ1n) is 10.5. The van der Waals surface area contributed by atoms with E-state index in [0.29, 0.717) is 12.6 Å². The zero-order valence-corrected chi connectivity index (χ0v) is 18.7. The van der Waals surface area contributed by atoms with Gasteiger partial charge in [0.25, 0.3) is 0 Å². The highest BCUT2D eigenvalue weighted by molar-refractivity contribution is 7.88. The Labute approximate surface area is 185 Å². The molecule has 1 aliphatic heterocycles. The van der Waals surface area contributed by atoms with Gasteiger partial charge in [-0.1, -0.05) is 25.1 Å². The molecule has 1 saturated carbocycles. The number of carbonyl (C=O) groups excluding carboxylic acids is 1. The molecule has 32 heavy (non-hydrogen) atoms. The molecule has 5 nitrogen and oxygen atoms in total. The third-order valence-electron chi connectivity index (χ3n) is 6.47. The minimum Gasteiger partial charge on any atom is -0.337 e. The first kappa shape index (κ1) is 22.8. The summed E-state index contributed by atoms with van der Waals surface area (Å²) in [5, 5.41) is 0. The lowest BCUT2D eigenvalue weighted by atomic mass is 9.91. The van der Waals surface area contributed by atoms with Gasteiger partial charge in [0.05, 0.1) is 12.3 Å². The number of likely N-dealkylation sites (tertiary alicyclic amines) is 1. The summed E-state index contributed by atoms with van der Waals surface area (Å²) in [5.74, 6) is -2.39. The third-order valence-corrected chi connectivity index (χ3v) is 7.15. The van der Waals surface area contributed by atoms with Gasteiger partial charge in [-0.15, -0.1) is 0 Å². The van der Waals surface area contributed by atoms with Crippen LogP contribution in [0.3, 0.4) is 0 Å². The monoisotopic (exact) mass is 466 g/mol. The molecular weight excluding hydrogens is 441 g/mol. The maximum absolute atomic E-state index is 15.5. The Balaban J connectivity index is 1.72. The lowest BCUT2D eigenvalue weighted by molar-refractivity contribution is -0.131. The lowest BCUT2D eigenvalue weighted by Gasteiger charge is -2.29. The molecule has 1 heterocycles. The Hall–Kier alpha value is -2.39. The van der Waals surface area contributed by atoms with Gasteiger partial charge in [0.2, 0.25) is 15.9 Å². The van der Waals surface area contributed by atoms with E-state index < -0.39 is 39.6 Å². The molecule has 4 rings (SSSR count). The van der Waals surface area contributed by atoms with Crippen molar-refractivity contribution in [3.8, 4) is 11.1 Å². The summed E-state index contributed by atoms with van der Waals surface area (Å²) < 4.78 is 69.6. The van der Waals surface area contributed by atoms with Crippen molar-refractivity contribution < 1.29 is 26.4 Å².